The van der Waals surface area contributed by atoms with Gasteiger partial charge in [0.1, 0.15) is 51.9 Å². The summed E-state index contributed by atoms with van der Waals surface area (Å²) in [6.07, 6.45) is 8.79. The van der Waals surface area contributed by atoms with Crippen molar-refractivity contribution >= 4 is 170 Å². The van der Waals surface area contributed by atoms with E-state index in [1.54, 1.807) is 89.6 Å². The first-order valence-electron chi connectivity index (χ1n) is 43.9. The number of hydrogen-bond acceptors (Lipinski definition) is 34. The van der Waals surface area contributed by atoms with Gasteiger partial charge in [-0.05, 0) is 189 Å². The van der Waals surface area contributed by atoms with E-state index in [-0.39, 0.29) is 188 Å². The van der Waals surface area contributed by atoms with E-state index in [4.69, 9.17) is 43.3 Å². The van der Waals surface area contributed by atoms with Crippen molar-refractivity contribution in [1.82, 2.24) is 31.9 Å². The number of benzene rings is 3. The minimum atomic E-state index is -1.23. The molecule has 0 saturated carbocycles. The van der Waals surface area contributed by atoms with Crippen molar-refractivity contribution in [2.75, 3.05) is 6.61 Å². The molecule has 47 heteroatoms. The molecule has 6 aromatic rings. The molecule has 0 spiro atoms. The Labute approximate surface area is 794 Å². The van der Waals surface area contributed by atoms with Gasteiger partial charge in [0, 0.05) is 102 Å². The van der Waals surface area contributed by atoms with Crippen LogP contribution in [-0.2, 0) is 110 Å². The van der Waals surface area contributed by atoms with Crippen LogP contribution in [0.15, 0.2) is 143 Å². The number of oxime groups is 1. The number of rotatable bonds is 32. The summed E-state index contributed by atoms with van der Waals surface area (Å²) >= 11 is 3.92. The van der Waals surface area contributed by atoms with Crippen LogP contribution in [0.5, 0.6) is 17.2 Å². The summed E-state index contributed by atoms with van der Waals surface area (Å²) in [5, 5.41) is 140. The van der Waals surface area contributed by atoms with Gasteiger partial charge in [-0.25, -0.2) is 4.79 Å². The maximum atomic E-state index is 12.4. The Balaban J connectivity index is 0.000000221. The van der Waals surface area contributed by atoms with Gasteiger partial charge in [-0.15, -0.1) is 34.0 Å². The average Bonchev–Trinajstić information content (AvgIpc) is 1.65. The fraction of sp³-hybridized carbons (Fsp3) is 0.455. The van der Waals surface area contributed by atoms with Crippen molar-refractivity contribution in [1.29, 1.82) is 0 Å². The molecule has 6 aliphatic rings. The van der Waals surface area contributed by atoms with Gasteiger partial charge in [0.05, 0.1) is 77.5 Å². The fourth-order valence-corrected chi connectivity index (χ4v) is 17.4. The molecule has 38 nitrogen and oxygen atoms in total. The predicted octanol–water partition coefficient (Wildman–Crippen LogP) is 4.05. The minimum Gasteiger partial charge on any atom is -0.508 e. The van der Waals surface area contributed by atoms with E-state index in [1.165, 1.54) is 106 Å². The molecule has 0 radical (unpaired) electrons. The van der Waals surface area contributed by atoms with Crippen LogP contribution in [0.4, 0.5) is 0 Å². The van der Waals surface area contributed by atoms with Gasteiger partial charge in [-0.1, -0.05) is 71.9 Å². The van der Waals surface area contributed by atoms with Crippen LogP contribution in [0, 0.1) is 0 Å². The first kappa shape index (κ1) is 111. The summed E-state index contributed by atoms with van der Waals surface area (Å²) in [5.41, 5.74) is 2.05. The summed E-state index contributed by atoms with van der Waals surface area (Å²) in [4.78, 5) is 152. The Morgan fingerprint density at radius 2 is 0.667 bits per heavy atom. The number of aliphatic hydroxyl groups excluding tert-OH is 1. The number of para-hydroxylation sites is 2. The van der Waals surface area contributed by atoms with Crippen LogP contribution in [0.1, 0.15) is 188 Å². The van der Waals surface area contributed by atoms with Crippen molar-refractivity contribution in [2.45, 2.75) is 249 Å². The minimum absolute atomic E-state index is 0.00733. The van der Waals surface area contributed by atoms with Crippen LogP contribution < -0.4 is 31.9 Å². The van der Waals surface area contributed by atoms with Crippen molar-refractivity contribution in [3.05, 3.63) is 169 Å². The first-order chi connectivity index (χ1) is 64.2. The van der Waals surface area contributed by atoms with E-state index in [0.29, 0.717) is 109 Å². The summed E-state index contributed by atoms with van der Waals surface area (Å²) in [6, 6.07) is 30.1. The highest BCUT2D eigenvalue weighted by Crippen LogP contribution is 2.30. The topological polar surface area (TPSA) is 605 Å². The maximum absolute atomic E-state index is 12.4. The van der Waals surface area contributed by atoms with E-state index < -0.39 is 96.1 Å². The highest BCUT2D eigenvalue weighted by Gasteiger charge is 2.43. The van der Waals surface area contributed by atoms with Crippen LogP contribution in [0.2, 0.25) is 0 Å². The SMILES string of the molecule is CC(=O)C[C@@H]1CC[C@H](NC(=O)/C(=C\C(=O)O)c2cccs2)B(O)O1.CC(=O)C[C@@H]1CC[C@H](NC(=O)/C(=C\CO)c2cccs2)B(O)O1.CC(=O)C[C@@H]1CC[C@H](NC(=O)/C(=N\O)c2cccs2)B(O)O1.CC(=O)C[C@@H]1CC[C@H](NC(=O)Cc2cccc(O)c2)B(O)O1.CC(=O)C[C@@H]1CC[C@H](NC(=O)Cc2ccccc2O)B(O)O1.CC(=O)C[C@@H]1CC[C@H](NC(=O)Cc2ccccc2O)B(O)O1. The van der Waals surface area contributed by atoms with Gasteiger partial charge in [0.25, 0.3) is 17.7 Å². The van der Waals surface area contributed by atoms with E-state index in [9.17, 15) is 108 Å². The molecule has 6 fully saturated rings. The third-order valence-electron chi connectivity index (χ3n) is 21.6. The third kappa shape index (κ3) is 39.9. The number of amides is 6. The molecule has 135 heavy (non-hydrogen) atoms. The zero-order valence-corrected chi connectivity index (χ0v) is 78.0. The highest BCUT2D eigenvalue weighted by atomic mass is 32.1. The molecule has 724 valence electrons. The lowest BCUT2D eigenvalue weighted by Gasteiger charge is -2.31. The standard InChI is InChI=1S/C15H18BNO6S.C15H20BNO5S.3C15H20BNO5.C13H17BN2O5S/c1-9(18)7-10-4-5-13(16(22)23-10)17-15(21)11(8-14(19)20)12-3-2-6-24-12;1-10(19)9-11-4-5-14(16(21)22-11)17-15(20)12(6-7-18)13-3-2-8-23-13;1-10(18)7-13-5-6-14(16(21)22-13)17-15(20)9-11-3-2-4-12(19)8-11;2*1-10(18)8-12-6-7-14(16(21)22-12)17-15(20)9-11-4-2-3-5-13(11)19;1-8(17)7-9-4-5-11(14(19)21-9)15-13(18)12(16-20)10-3-2-6-22-10/h2-3,6,8,10,13,22H,4-5,7H2,1H3,(H,17,21)(H,19,20);2-3,6,8,11,14,18,21H,4-5,7,9H2,1H3,(H,17,20);2-4,8,13-14,19,21H,5-7,9H2,1H3,(H,17,20);2*2-5,12,14,19,21H,6-9H2,1H3,(H,17,20);2-3,6,9,11,19-20H,4-5,7H2,1H3,(H,15,18)/b11-8-;12-6-;;;;16-12-/t10-,13-;11-,14-;13-,14-;2*12-,14-;9-,11-/m000000/s1. The molecule has 0 bridgehead atoms. The largest absolute Gasteiger partial charge is 0.508 e. The summed E-state index contributed by atoms with van der Waals surface area (Å²) in [5.74, 6) is -6.59. The monoisotopic (exact) mass is 1930 g/mol. The maximum Gasteiger partial charge on any atom is 0.478 e. The molecule has 6 amide bonds. The van der Waals surface area contributed by atoms with Crippen molar-refractivity contribution in [3.8, 4) is 17.2 Å². The Morgan fingerprint density at radius 1 is 0.370 bits per heavy atom. The number of phenolic OH excluding ortho intramolecular Hbond substituents is 3. The Morgan fingerprint density at radius 3 is 0.948 bits per heavy atom. The fourth-order valence-electron chi connectivity index (χ4n) is 15.2. The molecule has 9 heterocycles. The van der Waals surface area contributed by atoms with Crippen molar-refractivity contribution in [3.63, 3.8) is 0 Å². The molecule has 0 unspecified atom stereocenters. The number of nitrogens with one attached hydrogen (secondary N) is 6. The lowest BCUT2D eigenvalue weighted by Crippen LogP contribution is -2.54. The van der Waals surface area contributed by atoms with E-state index in [1.807, 2.05) is 11.4 Å². The van der Waals surface area contributed by atoms with Gasteiger partial charge in [-0.2, -0.15) is 0 Å². The van der Waals surface area contributed by atoms with Gasteiger partial charge in [0.2, 0.25) is 17.7 Å². The number of carbonyl (C=O) groups excluding carboxylic acids is 12. The van der Waals surface area contributed by atoms with Crippen LogP contribution >= 0.6 is 34.0 Å². The van der Waals surface area contributed by atoms with E-state index in [0.717, 1.165) is 11.0 Å². The second-order valence-electron chi connectivity index (χ2n) is 33.1. The number of aliphatic carboxylic acids is 1. The molecule has 12 rings (SSSR count). The number of carbonyl (C=O) groups is 13. The molecular formula is C88H115B6N7O31S3. The number of nitrogens with zero attached hydrogens (tertiary/aromatic N) is 1. The van der Waals surface area contributed by atoms with E-state index >= 15 is 0 Å². The average molecular weight is 1930 g/mol. The third-order valence-corrected chi connectivity index (χ3v) is 24.3. The number of phenols is 3. The number of hydrogen-bond donors (Lipinski definition) is 18. The van der Waals surface area contributed by atoms with Crippen LogP contribution in [-0.4, -0.2) is 264 Å². The number of carboxylic acid groups (broad SMARTS) is 1. The molecule has 6 saturated heterocycles. The van der Waals surface area contributed by atoms with Gasteiger partial charge in [0.15, 0.2) is 5.71 Å². The lowest BCUT2D eigenvalue weighted by molar-refractivity contribution is -0.132. The molecule has 3 aromatic carbocycles. The van der Waals surface area contributed by atoms with Crippen LogP contribution in [0.25, 0.3) is 11.1 Å². The molecule has 12 atom stereocenters. The summed E-state index contributed by atoms with van der Waals surface area (Å²) in [6.45, 7) is 8.61. The Hall–Kier alpha value is -10.7. The smallest absolute Gasteiger partial charge is 0.478 e. The van der Waals surface area contributed by atoms with Crippen molar-refractivity contribution < 1.29 is 151 Å². The Kier molecular flexibility index (Phi) is 47.3. The highest BCUT2D eigenvalue weighted by molar-refractivity contribution is 7.13. The normalized spacial score (nSPS) is 21.7. The number of Topliss-reactive ketones (excluding diaryl/α,β-unsaturated/α-hetero) is 6. The molecule has 6 aliphatic heterocycles. The number of carboxylic acids is 1. The van der Waals surface area contributed by atoms with Gasteiger partial charge in [-0.3, -0.25) is 57.5 Å². The second kappa shape index (κ2) is 57.4. The first-order valence-corrected chi connectivity index (χ1v) is 46.6. The number of aromatic hydroxyl groups is 3. The number of ketones is 6. The molecule has 0 aliphatic carbocycles. The van der Waals surface area contributed by atoms with Gasteiger partial charge < -0.3 is 121 Å². The zero-order chi connectivity index (χ0) is 99.0. The summed E-state index contributed by atoms with van der Waals surface area (Å²) in [7, 11) is -6.91. The van der Waals surface area contributed by atoms with Gasteiger partial charge >= 0.3 is 48.7 Å². The molecular weight excluding hydrogens is 1810 g/mol. The lowest BCUT2D eigenvalue weighted by atomic mass is 9.72. The number of aliphatic hydroxyl groups is 1. The van der Waals surface area contributed by atoms with E-state index in [2.05, 4.69) is 37.1 Å². The predicted molar refractivity (Wildman–Crippen MR) is 503 cm³/mol. The Bertz CT molecular complexity index is 4910. The summed E-state index contributed by atoms with van der Waals surface area (Å²) < 4.78 is 32.1. The van der Waals surface area contributed by atoms with Crippen LogP contribution in [0.3, 0.4) is 0 Å². The molecule has 18 N–H and O–H groups in total. The second-order valence-corrected chi connectivity index (χ2v) is 35.9. The zero-order valence-electron chi connectivity index (χ0n) is 75.5. The number of thiophene rings is 3. The quantitative estimate of drug-likeness (QED) is 0.00931. The molecule has 3 aromatic heterocycles. The van der Waals surface area contributed by atoms with Crippen molar-refractivity contribution in [2.24, 2.45) is 5.16 Å².